The van der Waals surface area contributed by atoms with Crippen LogP contribution in [-0.2, 0) is 144 Å². The Kier molecular flexibility index (Phi) is 41.4. The van der Waals surface area contributed by atoms with Crippen molar-refractivity contribution in [3.8, 4) is 23.0 Å². The number of rotatable bonds is 62. The average molecular weight is 1520 g/mol. The zero-order valence-electron chi connectivity index (χ0n) is 63.4. The number of nitrogens with zero attached hydrogens (tertiary/aromatic N) is 12. The average Bonchev–Trinajstić information content (AvgIpc) is 1.82. The molecule has 8 rings (SSSR count). The molecule has 0 bridgehead atoms. The monoisotopic (exact) mass is 1520 g/mol. The first-order chi connectivity index (χ1) is 54.4. The topological polar surface area (TPSA) is 320 Å². The van der Waals surface area contributed by atoms with E-state index in [0.29, 0.717) is 228 Å². The molecule has 0 aliphatic heterocycles. The molecule has 0 N–H and O–H groups in total. The molecule has 588 valence electrons. The van der Waals surface area contributed by atoms with Gasteiger partial charge in [0.05, 0.1) is 191 Å². The Bertz CT molecular complexity index is 3630. The molecule has 0 atom stereocenters. The number of carbonyl (C=O) groups is 4. The van der Waals surface area contributed by atoms with Crippen LogP contribution in [0.25, 0.3) is 0 Å². The zero-order valence-corrected chi connectivity index (χ0v) is 63.4. The summed E-state index contributed by atoms with van der Waals surface area (Å²) < 4.78 is 89.6. The van der Waals surface area contributed by atoms with Crippen molar-refractivity contribution in [3.05, 3.63) is 167 Å². The van der Waals surface area contributed by atoms with Crippen LogP contribution in [0, 0.1) is 5.41 Å². The molecule has 4 heterocycles. The number of aryl methyl sites for hydroxylation is 6. The number of carbonyl (C=O) groups excluding carboxylic acids is 4. The first-order valence-electron chi connectivity index (χ1n) is 37.7. The van der Waals surface area contributed by atoms with E-state index < -0.39 is 5.41 Å². The molecule has 0 spiro atoms. The number of hydrogen-bond donors (Lipinski definition) is 0. The summed E-state index contributed by atoms with van der Waals surface area (Å²) in [6.07, 6.45) is 13.6. The van der Waals surface area contributed by atoms with Gasteiger partial charge >= 0.3 is 23.9 Å². The molecule has 8 radical (unpaired) electrons. The largest absolute Gasteiger partial charge is 0.427 e. The van der Waals surface area contributed by atoms with Crippen LogP contribution in [0.3, 0.4) is 0 Å². The van der Waals surface area contributed by atoms with Crippen molar-refractivity contribution in [3.63, 3.8) is 0 Å². The van der Waals surface area contributed by atoms with Crippen LogP contribution in [0.15, 0.2) is 122 Å². The van der Waals surface area contributed by atoms with Gasteiger partial charge in [-0.15, -0.1) is 20.4 Å². The van der Waals surface area contributed by atoms with Gasteiger partial charge in [-0.3, -0.25) is 28.5 Å². The molecule has 34 heteroatoms. The number of aromatic nitrogens is 12. The van der Waals surface area contributed by atoms with E-state index in [9.17, 15) is 19.2 Å². The Balaban J connectivity index is 0.757. The van der Waals surface area contributed by atoms with E-state index in [1.165, 1.54) is 0 Å². The number of esters is 4. The van der Waals surface area contributed by atoms with Gasteiger partial charge < -0.3 is 66.3 Å². The maximum Gasteiger partial charge on any atom is 0.311 e. The molecule has 0 saturated carbocycles. The Hall–Kier alpha value is -8.82. The molecule has 0 fully saturated rings. The summed E-state index contributed by atoms with van der Waals surface area (Å²) >= 11 is 0. The fraction of sp³-hybridized carbons (Fsp3) is 0.532. The first kappa shape index (κ1) is 87.8. The number of benzene rings is 4. The fourth-order valence-corrected chi connectivity index (χ4v) is 10.7. The van der Waals surface area contributed by atoms with Crippen LogP contribution in [0.1, 0.15) is 96.4 Å². The van der Waals surface area contributed by atoms with Crippen molar-refractivity contribution >= 4 is 55.3 Å². The van der Waals surface area contributed by atoms with Crippen LogP contribution >= 0.6 is 0 Å². The van der Waals surface area contributed by atoms with Gasteiger partial charge in [-0.1, -0.05) is 117 Å². The Morgan fingerprint density at radius 1 is 0.279 bits per heavy atom. The van der Waals surface area contributed by atoms with Crippen LogP contribution in [-0.4, -0.2) is 247 Å². The summed E-state index contributed by atoms with van der Waals surface area (Å²) in [5.74, 6) is 0.379. The molecule has 0 saturated heterocycles. The van der Waals surface area contributed by atoms with Gasteiger partial charge in [0.15, 0.2) is 0 Å². The number of ether oxygens (including phenoxy) is 14. The summed E-state index contributed by atoms with van der Waals surface area (Å²) in [4.78, 5) is 49.9. The second-order valence-electron chi connectivity index (χ2n) is 26.0. The van der Waals surface area contributed by atoms with Crippen LogP contribution < -0.4 is 18.9 Å². The second-order valence-corrected chi connectivity index (χ2v) is 26.0. The maximum absolute atomic E-state index is 12.5. The predicted molar refractivity (Wildman–Crippen MR) is 409 cm³/mol. The van der Waals surface area contributed by atoms with E-state index in [0.717, 1.165) is 22.3 Å². The van der Waals surface area contributed by atoms with E-state index in [1.807, 2.05) is 60.9 Å². The van der Waals surface area contributed by atoms with Gasteiger partial charge in [0.25, 0.3) is 0 Å². The van der Waals surface area contributed by atoms with E-state index in [4.69, 9.17) is 97.7 Å². The quantitative estimate of drug-likeness (QED) is 0.0191. The lowest BCUT2D eigenvalue weighted by Gasteiger charge is -2.33. The summed E-state index contributed by atoms with van der Waals surface area (Å²) in [5.41, 5.74) is 5.71. The minimum absolute atomic E-state index is 0.133. The van der Waals surface area contributed by atoms with Gasteiger partial charge in [0, 0.05) is 103 Å². The lowest BCUT2D eigenvalue weighted by atomic mass is 9.92. The van der Waals surface area contributed by atoms with Crippen LogP contribution in [0.5, 0.6) is 23.0 Å². The Labute approximate surface area is 653 Å². The van der Waals surface area contributed by atoms with Crippen molar-refractivity contribution in [2.75, 3.05) is 132 Å². The molecule has 8 aromatic rings. The highest BCUT2D eigenvalue weighted by molar-refractivity contribution is 6.09. The Morgan fingerprint density at radius 3 is 0.775 bits per heavy atom. The highest BCUT2D eigenvalue weighted by Crippen LogP contribution is 2.23. The molecule has 0 aliphatic rings. The van der Waals surface area contributed by atoms with Crippen molar-refractivity contribution < 1.29 is 85.5 Å². The van der Waals surface area contributed by atoms with Crippen molar-refractivity contribution in [2.45, 2.75) is 129 Å². The molecule has 0 amide bonds. The second kappa shape index (κ2) is 52.4. The van der Waals surface area contributed by atoms with Crippen molar-refractivity contribution in [1.82, 2.24) is 60.0 Å². The fourth-order valence-electron chi connectivity index (χ4n) is 10.7. The van der Waals surface area contributed by atoms with Crippen molar-refractivity contribution in [2.24, 2.45) is 5.41 Å². The third-order valence-corrected chi connectivity index (χ3v) is 16.8. The van der Waals surface area contributed by atoms with Crippen LogP contribution in [0.2, 0.25) is 0 Å². The summed E-state index contributed by atoms with van der Waals surface area (Å²) in [6, 6.07) is 28.4. The first-order valence-corrected chi connectivity index (χ1v) is 37.7. The van der Waals surface area contributed by atoms with Gasteiger partial charge in [-0.05, 0) is 74.2 Å². The molecule has 111 heavy (non-hydrogen) atoms. The van der Waals surface area contributed by atoms with E-state index in [2.05, 4.69) is 41.2 Å². The summed E-state index contributed by atoms with van der Waals surface area (Å²) in [7, 11) is 22.7. The Morgan fingerprint density at radius 2 is 0.505 bits per heavy atom. The minimum atomic E-state index is -0.762. The van der Waals surface area contributed by atoms with E-state index >= 15 is 0 Å². The van der Waals surface area contributed by atoms with E-state index in [1.54, 1.807) is 79.7 Å². The molecular formula is C77H100B4N12O18. The van der Waals surface area contributed by atoms with Gasteiger partial charge in [0.2, 0.25) is 0 Å². The minimum Gasteiger partial charge on any atom is -0.427 e. The SMILES string of the molecule is [B]Cc1ccc(OC(=O)CCc2cn(CCCOCCOCCCOCC(COCCCOCCOCCCn3cc(CCC(=O)Oc4ccc(C[B])cc4)nn3)(COCCOCCn3cc(CCC(=O)Oc4ccc(C[B])cc4)nn3)COCCOCCn3cc(CCC(=O)Oc4ccc(C[B])cc4)nn3)nn2)cc1. The molecule has 0 aliphatic carbocycles. The smallest absolute Gasteiger partial charge is 0.311 e. The molecule has 4 aromatic carbocycles. The van der Waals surface area contributed by atoms with Gasteiger partial charge in [0.1, 0.15) is 23.0 Å². The highest BCUT2D eigenvalue weighted by Gasteiger charge is 2.33. The lowest BCUT2D eigenvalue weighted by molar-refractivity contribution is -0.135. The third kappa shape index (κ3) is 36.5. The zero-order chi connectivity index (χ0) is 78.0. The number of hydrogen-bond acceptors (Lipinski definition) is 26. The normalized spacial score (nSPS) is 11.5. The van der Waals surface area contributed by atoms with Gasteiger partial charge in [-0.25, -0.2) is 9.36 Å². The molecule has 30 nitrogen and oxygen atoms in total. The van der Waals surface area contributed by atoms with E-state index in [-0.39, 0.29) is 102 Å². The summed E-state index contributed by atoms with van der Waals surface area (Å²) in [5, 5.41) is 33.7. The van der Waals surface area contributed by atoms with Crippen molar-refractivity contribution in [1.29, 1.82) is 0 Å². The highest BCUT2D eigenvalue weighted by atomic mass is 16.6. The predicted octanol–water partition coefficient (Wildman–Crippen LogP) is 5.69. The summed E-state index contributed by atoms with van der Waals surface area (Å²) in [6.45, 7) is 9.01. The van der Waals surface area contributed by atoms with Crippen LogP contribution in [0.4, 0.5) is 0 Å². The maximum atomic E-state index is 12.5. The molecular weight excluding hydrogens is 1420 g/mol. The third-order valence-electron chi connectivity index (χ3n) is 16.8. The molecule has 0 unspecified atom stereocenters. The molecule has 4 aromatic heterocycles. The van der Waals surface area contributed by atoms with Gasteiger partial charge in [-0.2, -0.15) is 0 Å². The lowest BCUT2D eigenvalue weighted by Crippen LogP contribution is -2.42. The standard InChI is InChI=1S/C77H100B4N12O18/c78-49-61-5-17-69(18-6-61)108-73(94)25-13-65-53-90(86-82-65)29-1-33-98-41-43-100-35-3-37-104-57-77(59-106-47-45-102-39-31-92-55-67(84-88-92)15-27-75(96)110-71-21-9-63(51-80)10-22-71,60-107-48-46-103-40-32-93-56-68(85-89-93)16-28-76(97)111-72-23-11-64(52-81)12-24-72)58-105-38-4-36-101-44-42-99-34-2-30-91-54-66(83-87-91)14-26-74(95)109-70-19-7-62(50-79)8-20-70/h5-12,17-24,53-56H,1-4,13-16,25-52,57-60H2.